The number of rotatable bonds is 6. The highest BCUT2D eigenvalue weighted by Crippen LogP contribution is 1.90. The minimum Gasteiger partial charge on any atom is -0.382 e. The Hall–Kier alpha value is -0.660. The summed E-state index contributed by atoms with van der Waals surface area (Å²) < 4.78 is 21.7. The Balaban J connectivity index is 3.86. The second-order valence-corrected chi connectivity index (χ2v) is 5.50. The van der Waals surface area contributed by atoms with Gasteiger partial charge in [0, 0.05) is 18.8 Å². The summed E-state index contributed by atoms with van der Waals surface area (Å²) in [6.07, 6.45) is -0.160. The van der Waals surface area contributed by atoms with Crippen LogP contribution in [0.5, 0.6) is 0 Å². The first kappa shape index (κ1) is 13.3. The summed E-state index contributed by atoms with van der Waals surface area (Å²) in [4.78, 5) is 10.4. The Morgan fingerprint density at radius 1 is 1.57 bits per heavy atom. The van der Waals surface area contributed by atoms with E-state index in [4.69, 9.17) is 10.8 Å². The average molecular weight is 224 g/mol. The molecular formula is C7H16N2O4S. The zero-order valence-electron chi connectivity index (χ0n) is 8.23. The number of nitrogens with one attached hydrogen (secondary N) is 1. The topological polar surface area (TPSA) is 109 Å². The van der Waals surface area contributed by atoms with E-state index >= 15 is 0 Å². The van der Waals surface area contributed by atoms with Crippen LogP contribution in [-0.4, -0.2) is 50.1 Å². The van der Waals surface area contributed by atoms with E-state index in [1.807, 2.05) is 0 Å². The summed E-state index contributed by atoms with van der Waals surface area (Å²) in [5, 5.41) is 11.7. The van der Waals surface area contributed by atoms with Gasteiger partial charge in [-0.3, -0.25) is 4.79 Å². The Morgan fingerprint density at radius 3 is 2.43 bits per heavy atom. The van der Waals surface area contributed by atoms with Gasteiger partial charge in [-0.2, -0.15) is 0 Å². The second kappa shape index (κ2) is 5.28. The maximum Gasteiger partial charge on any atom is 0.247 e. The van der Waals surface area contributed by atoms with E-state index in [1.165, 1.54) is 0 Å². The molecule has 0 spiro atoms. The standard InChI is InChI=1S/C7H16N2O4S/c1-5(4-14(2,12)13)9-3-6(10)7(8)11/h5-6,9-10H,3-4H2,1-2H3,(H2,8,11). The molecule has 0 aliphatic heterocycles. The quantitative estimate of drug-likeness (QED) is 0.477. The zero-order chi connectivity index (χ0) is 11.4. The molecule has 0 heterocycles. The van der Waals surface area contributed by atoms with Crippen molar-refractivity contribution < 1.29 is 18.3 Å². The molecule has 14 heavy (non-hydrogen) atoms. The lowest BCUT2D eigenvalue weighted by molar-refractivity contribution is -0.125. The highest BCUT2D eigenvalue weighted by Gasteiger charge is 2.14. The van der Waals surface area contributed by atoms with E-state index < -0.39 is 21.8 Å². The maximum atomic E-state index is 10.8. The van der Waals surface area contributed by atoms with Gasteiger partial charge in [0.25, 0.3) is 0 Å². The number of carbonyl (C=O) groups excluding carboxylic acids is 1. The number of hydrogen-bond acceptors (Lipinski definition) is 5. The first-order chi connectivity index (χ1) is 6.22. The van der Waals surface area contributed by atoms with Gasteiger partial charge in [0.2, 0.25) is 5.91 Å². The normalized spacial score (nSPS) is 16.2. The number of nitrogens with two attached hydrogens (primary N) is 1. The van der Waals surface area contributed by atoms with Gasteiger partial charge in [-0.15, -0.1) is 0 Å². The number of amides is 1. The third-order valence-electron chi connectivity index (χ3n) is 1.54. The zero-order valence-corrected chi connectivity index (χ0v) is 9.04. The number of primary amides is 1. The summed E-state index contributed by atoms with van der Waals surface area (Å²) >= 11 is 0. The van der Waals surface area contributed by atoms with Gasteiger partial charge in [0.15, 0.2) is 0 Å². The fourth-order valence-electron chi connectivity index (χ4n) is 0.926. The molecule has 0 radical (unpaired) electrons. The molecule has 7 heteroatoms. The smallest absolute Gasteiger partial charge is 0.247 e. The highest BCUT2D eigenvalue weighted by molar-refractivity contribution is 7.90. The summed E-state index contributed by atoms with van der Waals surface area (Å²) in [6, 6.07) is -0.320. The second-order valence-electron chi connectivity index (χ2n) is 3.32. The lowest BCUT2D eigenvalue weighted by Crippen LogP contribution is -2.42. The number of sulfone groups is 1. The monoisotopic (exact) mass is 224 g/mol. The predicted octanol–water partition coefficient (Wildman–Crippen LogP) is -2.14. The molecule has 0 fully saturated rings. The number of hydrogen-bond donors (Lipinski definition) is 3. The molecule has 84 valence electrons. The van der Waals surface area contributed by atoms with E-state index in [9.17, 15) is 13.2 Å². The van der Waals surface area contributed by atoms with Crippen molar-refractivity contribution in [1.29, 1.82) is 0 Å². The van der Waals surface area contributed by atoms with Crippen molar-refractivity contribution in [2.24, 2.45) is 5.73 Å². The van der Waals surface area contributed by atoms with Crippen LogP contribution in [0.3, 0.4) is 0 Å². The molecule has 2 unspecified atom stereocenters. The molecule has 0 aromatic heterocycles. The van der Waals surface area contributed by atoms with Crippen molar-refractivity contribution in [3.8, 4) is 0 Å². The Kier molecular flexibility index (Phi) is 5.03. The van der Waals surface area contributed by atoms with Gasteiger partial charge in [0.1, 0.15) is 15.9 Å². The van der Waals surface area contributed by atoms with Crippen molar-refractivity contribution in [3.63, 3.8) is 0 Å². The lowest BCUT2D eigenvalue weighted by Gasteiger charge is -2.14. The predicted molar refractivity (Wildman–Crippen MR) is 52.4 cm³/mol. The van der Waals surface area contributed by atoms with Crippen LogP contribution in [0.2, 0.25) is 0 Å². The Morgan fingerprint density at radius 2 is 2.07 bits per heavy atom. The van der Waals surface area contributed by atoms with Crippen LogP contribution in [0.25, 0.3) is 0 Å². The van der Waals surface area contributed by atoms with Crippen molar-refractivity contribution in [3.05, 3.63) is 0 Å². The average Bonchev–Trinajstić information content (AvgIpc) is 1.96. The fraction of sp³-hybridized carbons (Fsp3) is 0.857. The summed E-state index contributed by atoms with van der Waals surface area (Å²) in [5.74, 6) is -0.873. The van der Waals surface area contributed by atoms with Crippen molar-refractivity contribution >= 4 is 15.7 Å². The third kappa shape index (κ3) is 6.81. The van der Waals surface area contributed by atoms with E-state index in [0.717, 1.165) is 6.26 Å². The SMILES string of the molecule is CC(CS(C)(=O)=O)NCC(O)C(N)=O. The molecule has 1 amide bonds. The maximum absolute atomic E-state index is 10.8. The molecule has 6 nitrogen and oxygen atoms in total. The molecular weight excluding hydrogens is 208 g/mol. The van der Waals surface area contributed by atoms with Gasteiger partial charge in [-0.25, -0.2) is 8.42 Å². The number of aliphatic hydroxyl groups excluding tert-OH is 1. The van der Waals surface area contributed by atoms with E-state index in [1.54, 1.807) is 6.92 Å². The molecule has 0 aliphatic carbocycles. The molecule has 0 aliphatic rings. The van der Waals surface area contributed by atoms with Gasteiger partial charge in [-0.1, -0.05) is 0 Å². The highest BCUT2D eigenvalue weighted by atomic mass is 32.2. The molecule has 0 bridgehead atoms. The first-order valence-electron chi connectivity index (χ1n) is 4.11. The van der Waals surface area contributed by atoms with Crippen LogP contribution in [0, 0.1) is 0 Å². The van der Waals surface area contributed by atoms with E-state index in [2.05, 4.69) is 5.32 Å². The van der Waals surface area contributed by atoms with Crippen LogP contribution in [0.4, 0.5) is 0 Å². The number of aliphatic hydroxyl groups is 1. The van der Waals surface area contributed by atoms with Gasteiger partial charge < -0.3 is 16.2 Å². The van der Waals surface area contributed by atoms with Crippen molar-refractivity contribution in [2.75, 3.05) is 18.6 Å². The van der Waals surface area contributed by atoms with Gasteiger partial charge >= 0.3 is 0 Å². The van der Waals surface area contributed by atoms with Gasteiger partial charge in [0.05, 0.1) is 5.75 Å². The molecule has 0 aromatic rings. The molecule has 0 aromatic carbocycles. The molecule has 0 saturated heterocycles. The van der Waals surface area contributed by atoms with E-state index in [0.29, 0.717) is 0 Å². The largest absolute Gasteiger partial charge is 0.382 e. The molecule has 2 atom stereocenters. The van der Waals surface area contributed by atoms with Crippen molar-refractivity contribution in [1.82, 2.24) is 5.32 Å². The third-order valence-corrected chi connectivity index (χ3v) is 2.65. The Bertz CT molecular complexity index is 288. The lowest BCUT2D eigenvalue weighted by atomic mass is 10.3. The fourth-order valence-corrected chi connectivity index (χ4v) is 1.95. The summed E-state index contributed by atoms with van der Waals surface area (Å²) in [6.45, 7) is 1.61. The van der Waals surface area contributed by atoms with Gasteiger partial charge in [-0.05, 0) is 6.92 Å². The van der Waals surface area contributed by atoms with Crippen LogP contribution in [0.1, 0.15) is 6.92 Å². The van der Waals surface area contributed by atoms with Crippen molar-refractivity contribution in [2.45, 2.75) is 19.1 Å². The number of carbonyl (C=O) groups is 1. The van der Waals surface area contributed by atoms with E-state index in [-0.39, 0.29) is 18.3 Å². The minimum absolute atomic E-state index is 0.0357. The van der Waals surface area contributed by atoms with Crippen LogP contribution in [0.15, 0.2) is 0 Å². The van der Waals surface area contributed by atoms with Crippen LogP contribution >= 0.6 is 0 Å². The molecule has 0 saturated carbocycles. The molecule has 0 rings (SSSR count). The Labute approximate surface area is 83.4 Å². The van der Waals surface area contributed by atoms with Crippen LogP contribution in [-0.2, 0) is 14.6 Å². The first-order valence-corrected chi connectivity index (χ1v) is 6.17. The van der Waals surface area contributed by atoms with Crippen LogP contribution < -0.4 is 11.1 Å². The molecule has 4 N–H and O–H groups in total. The minimum atomic E-state index is -3.05. The summed E-state index contributed by atoms with van der Waals surface area (Å²) in [5.41, 5.74) is 4.80. The summed E-state index contributed by atoms with van der Waals surface area (Å²) in [7, 11) is -3.05.